The molecule has 1 fully saturated rings. The number of pyridine rings is 1. The van der Waals surface area contributed by atoms with E-state index in [2.05, 4.69) is 34.1 Å². The summed E-state index contributed by atoms with van der Waals surface area (Å²) in [6.45, 7) is 2.89. The van der Waals surface area contributed by atoms with E-state index in [1.54, 1.807) is 7.11 Å². The predicted molar refractivity (Wildman–Crippen MR) is 81.2 cm³/mol. The lowest BCUT2D eigenvalue weighted by atomic mass is 10.2. The number of nitrogens with zero attached hydrogens (tertiary/aromatic N) is 2. The Balaban J connectivity index is 1.88. The summed E-state index contributed by atoms with van der Waals surface area (Å²) in [6, 6.07) is 15.1. The van der Waals surface area contributed by atoms with Crippen molar-refractivity contribution >= 4 is 5.82 Å². The molecule has 1 aromatic heterocycles. The predicted octanol–water partition coefficient (Wildman–Crippen LogP) is 3.57. The first-order valence-corrected chi connectivity index (χ1v) is 7.10. The highest BCUT2D eigenvalue weighted by atomic mass is 16.5. The lowest BCUT2D eigenvalue weighted by Gasteiger charge is -2.24. The van der Waals surface area contributed by atoms with Gasteiger partial charge in [-0.05, 0) is 38.0 Å². The second-order valence-corrected chi connectivity index (χ2v) is 5.31. The van der Waals surface area contributed by atoms with Gasteiger partial charge in [0.15, 0.2) is 0 Å². The third-order valence-electron chi connectivity index (χ3n) is 3.69. The van der Waals surface area contributed by atoms with Gasteiger partial charge in [-0.15, -0.1) is 0 Å². The first-order valence-electron chi connectivity index (χ1n) is 7.10. The Morgan fingerprint density at radius 3 is 2.65 bits per heavy atom. The zero-order chi connectivity index (χ0) is 13.9. The number of rotatable bonds is 5. The molecule has 0 saturated heterocycles. The fraction of sp³-hybridized carbons (Fsp3) is 0.353. The van der Waals surface area contributed by atoms with Gasteiger partial charge in [0.1, 0.15) is 11.6 Å². The second kappa shape index (κ2) is 5.53. The second-order valence-electron chi connectivity index (χ2n) is 5.31. The molecule has 0 bridgehead atoms. The Morgan fingerprint density at radius 1 is 1.15 bits per heavy atom. The van der Waals surface area contributed by atoms with E-state index in [0.29, 0.717) is 6.04 Å². The molecule has 0 radical (unpaired) electrons. The van der Waals surface area contributed by atoms with Gasteiger partial charge < -0.3 is 9.64 Å². The average molecular weight is 268 g/mol. The van der Waals surface area contributed by atoms with Crippen molar-refractivity contribution in [2.45, 2.75) is 32.4 Å². The number of aryl methyl sites for hydroxylation is 1. The van der Waals surface area contributed by atoms with Gasteiger partial charge in [-0.3, -0.25) is 0 Å². The maximum absolute atomic E-state index is 5.46. The smallest absolute Gasteiger partial charge is 0.129 e. The zero-order valence-electron chi connectivity index (χ0n) is 12.0. The molecule has 1 aromatic carbocycles. The van der Waals surface area contributed by atoms with Crippen LogP contribution in [0.5, 0.6) is 5.75 Å². The molecular formula is C17H20N2O. The normalized spacial score (nSPS) is 14.1. The summed E-state index contributed by atoms with van der Waals surface area (Å²) in [6.07, 6.45) is 2.51. The number of anilines is 1. The highest BCUT2D eigenvalue weighted by Gasteiger charge is 2.30. The molecule has 0 N–H and O–H groups in total. The summed E-state index contributed by atoms with van der Waals surface area (Å²) >= 11 is 0. The maximum atomic E-state index is 5.46. The van der Waals surface area contributed by atoms with Crippen molar-refractivity contribution in [1.82, 2.24) is 4.98 Å². The van der Waals surface area contributed by atoms with Gasteiger partial charge in [-0.1, -0.05) is 24.3 Å². The van der Waals surface area contributed by atoms with Crippen LogP contribution in [0.1, 0.15) is 24.1 Å². The quantitative estimate of drug-likeness (QED) is 0.829. The van der Waals surface area contributed by atoms with Crippen molar-refractivity contribution in [1.29, 1.82) is 0 Å². The Bertz CT molecular complexity index is 593. The third-order valence-corrected chi connectivity index (χ3v) is 3.69. The van der Waals surface area contributed by atoms with Crippen LogP contribution in [0.4, 0.5) is 5.82 Å². The summed E-state index contributed by atoms with van der Waals surface area (Å²) in [4.78, 5) is 7.07. The molecule has 3 nitrogen and oxygen atoms in total. The molecule has 1 aliphatic carbocycles. The minimum atomic E-state index is 0.620. The first-order chi connectivity index (χ1) is 9.78. The summed E-state index contributed by atoms with van der Waals surface area (Å²) < 4.78 is 5.46. The van der Waals surface area contributed by atoms with E-state index < -0.39 is 0 Å². The monoisotopic (exact) mass is 268 g/mol. The van der Waals surface area contributed by atoms with Crippen molar-refractivity contribution in [3.8, 4) is 5.75 Å². The molecule has 3 heteroatoms. The summed E-state index contributed by atoms with van der Waals surface area (Å²) in [5.41, 5.74) is 2.28. The van der Waals surface area contributed by atoms with E-state index in [-0.39, 0.29) is 0 Å². The maximum Gasteiger partial charge on any atom is 0.129 e. The standard InChI is InChI=1S/C17H20N2O/c1-13-6-5-9-17(18-13)19(15-10-11-15)12-14-7-3-4-8-16(14)20-2/h3-9,15H,10-12H2,1-2H3. The first kappa shape index (κ1) is 13.0. The largest absolute Gasteiger partial charge is 0.496 e. The van der Waals surface area contributed by atoms with E-state index in [1.165, 1.54) is 18.4 Å². The molecule has 0 atom stereocenters. The van der Waals surface area contributed by atoms with Crippen LogP contribution in [0.3, 0.4) is 0 Å². The van der Waals surface area contributed by atoms with Crippen LogP contribution >= 0.6 is 0 Å². The highest BCUT2D eigenvalue weighted by Crippen LogP contribution is 2.33. The van der Waals surface area contributed by atoms with Crippen molar-refractivity contribution in [2.24, 2.45) is 0 Å². The minimum absolute atomic E-state index is 0.620. The van der Waals surface area contributed by atoms with Crippen LogP contribution in [0.25, 0.3) is 0 Å². The molecule has 0 amide bonds. The van der Waals surface area contributed by atoms with Crippen LogP contribution in [0, 0.1) is 6.92 Å². The topological polar surface area (TPSA) is 25.4 Å². The molecule has 1 heterocycles. The van der Waals surface area contributed by atoms with E-state index in [9.17, 15) is 0 Å². The third kappa shape index (κ3) is 2.77. The summed E-state index contributed by atoms with van der Waals surface area (Å²) in [7, 11) is 1.73. The van der Waals surface area contributed by atoms with Gasteiger partial charge in [0.05, 0.1) is 7.11 Å². The number of methoxy groups -OCH3 is 1. The number of benzene rings is 1. The van der Waals surface area contributed by atoms with Crippen LogP contribution in [0.15, 0.2) is 42.5 Å². The van der Waals surface area contributed by atoms with Crippen molar-refractivity contribution < 1.29 is 4.74 Å². The van der Waals surface area contributed by atoms with Gasteiger partial charge in [0.25, 0.3) is 0 Å². The molecule has 0 unspecified atom stereocenters. The number of aromatic nitrogens is 1. The fourth-order valence-electron chi connectivity index (χ4n) is 2.49. The summed E-state index contributed by atoms with van der Waals surface area (Å²) in [5, 5.41) is 0. The lowest BCUT2D eigenvalue weighted by molar-refractivity contribution is 0.409. The molecule has 3 rings (SSSR count). The van der Waals surface area contributed by atoms with Crippen LogP contribution < -0.4 is 9.64 Å². The Morgan fingerprint density at radius 2 is 1.95 bits per heavy atom. The average Bonchev–Trinajstić information content (AvgIpc) is 3.29. The van der Waals surface area contributed by atoms with E-state index >= 15 is 0 Å². The number of ether oxygens (including phenoxy) is 1. The van der Waals surface area contributed by atoms with Gasteiger partial charge in [-0.2, -0.15) is 0 Å². The van der Waals surface area contributed by atoms with Crippen molar-refractivity contribution in [3.05, 3.63) is 53.7 Å². The van der Waals surface area contributed by atoms with Crippen LogP contribution in [-0.4, -0.2) is 18.1 Å². The molecular weight excluding hydrogens is 248 g/mol. The van der Waals surface area contributed by atoms with E-state index in [0.717, 1.165) is 23.8 Å². The Hall–Kier alpha value is -2.03. The molecule has 20 heavy (non-hydrogen) atoms. The zero-order valence-corrected chi connectivity index (χ0v) is 12.0. The highest BCUT2D eigenvalue weighted by molar-refractivity contribution is 5.45. The molecule has 0 spiro atoms. The SMILES string of the molecule is COc1ccccc1CN(c1cccc(C)n1)C1CC1. The van der Waals surface area contributed by atoms with E-state index in [4.69, 9.17) is 4.74 Å². The van der Waals surface area contributed by atoms with E-state index in [1.807, 2.05) is 25.1 Å². The Kier molecular flexibility index (Phi) is 3.59. The number of para-hydroxylation sites is 1. The van der Waals surface area contributed by atoms with Crippen LogP contribution in [-0.2, 0) is 6.54 Å². The van der Waals surface area contributed by atoms with Gasteiger partial charge in [0.2, 0.25) is 0 Å². The number of hydrogen-bond acceptors (Lipinski definition) is 3. The lowest BCUT2D eigenvalue weighted by Crippen LogP contribution is -2.26. The molecule has 1 aliphatic rings. The van der Waals surface area contributed by atoms with Crippen LogP contribution in [0.2, 0.25) is 0 Å². The van der Waals surface area contributed by atoms with Gasteiger partial charge in [0, 0.05) is 23.8 Å². The molecule has 0 aliphatic heterocycles. The number of hydrogen-bond donors (Lipinski definition) is 0. The Labute approximate surface area is 120 Å². The summed E-state index contributed by atoms with van der Waals surface area (Å²) in [5.74, 6) is 2.02. The molecule has 104 valence electrons. The van der Waals surface area contributed by atoms with Crippen molar-refractivity contribution in [3.63, 3.8) is 0 Å². The van der Waals surface area contributed by atoms with Gasteiger partial charge in [-0.25, -0.2) is 4.98 Å². The molecule has 2 aromatic rings. The minimum Gasteiger partial charge on any atom is -0.496 e. The van der Waals surface area contributed by atoms with Gasteiger partial charge >= 0.3 is 0 Å². The molecule has 1 saturated carbocycles. The van der Waals surface area contributed by atoms with Crippen molar-refractivity contribution in [2.75, 3.05) is 12.0 Å². The fourth-order valence-corrected chi connectivity index (χ4v) is 2.49.